The highest BCUT2D eigenvalue weighted by molar-refractivity contribution is 7.85. The molecule has 0 saturated carbocycles. The standard InChI is InChI=1S/C20H32N2O3S/c1-19(2)13-16(15-7-9-17(21)10-8-15)14-20(3,4)18(19)22-11-5-6-12-26(23,24)25/h7-10,13,18,22H,5-6,11-12,14,21H2,1-4H3,(H,23,24,25). The number of nitrogens with one attached hydrogen (secondary N) is 1. The molecule has 0 aliphatic heterocycles. The molecule has 0 heterocycles. The summed E-state index contributed by atoms with van der Waals surface area (Å²) in [6, 6.07) is 8.32. The fourth-order valence-electron chi connectivity index (χ4n) is 4.26. The fraction of sp³-hybridized carbons (Fsp3) is 0.600. The zero-order valence-electron chi connectivity index (χ0n) is 16.2. The molecule has 0 fully saturated rings. The third kappa shape index (κ3) is 5.56. The lowest BCUT2D eigenvalue weighted by Gasteiger charge is -2.48. The fourth-order valence-corrected chi connectivity index (χ4v) is 4.83. The zero-order chi connectivity index (χ0) is 19.6. The first-order valence-corrected chi connectivity index (χ1v) is 10.8. The summed E-state index contributed by atoms with van der Waals surface area (Å²) in [6.07, 6.45) is 4.49. The first kappa shape index (κ1) is 20.9. The highest BCUT2D eigenvalue weighted by atomic mass is 32.2. The van der Waals surface area contributed by atoms with Crippen LogP contribution in [-0.4, -0.2) is 31.3 Å². The van der Waals surface area contributed by atoms with Crippen molar-refractivity contribution in [3.8, 4) is 0 Å². The number of nitrogen functional groups attached to an aromatic ring is 1. The maximum absolute atomic E-state index is 10.8. The van der Waals surface area contributed by atoms with Crippen molar-refractivity contribution in [2.75, 3.05) is 18.0 Å². The molecule has 1 aromatic rings. The van der Waals surface area contributed by atoms with Gasteiger partial charge in [-0.1, -0.05) is 45.9 Å². The van der Waals surface area contributed by atoms with Crippen molar-refractivity contribution in [1.29, 1.82) is 0 Å². The van der Waals surface area contributed by atoms with Gasteiger partial charge < -0.3 is 11.1 Å². The van der Waals surface area contributed by atoms with Gasteiger partial charge in [0.25, 0.3) is 10.1 Å². The number of anilines is 1. The van der Waals surface area contributed by atoms with Crippen molar-refractivity contribution < 1.29 is 13.0 Å². The molecular weight excluding hydrogens is 348 g/mol. The van der Waals surface area contributed by atoms with Crippen LogP contribution in [0.15, 0.2) is 30.3 Å². The summed E-state index contributed by atoms with van der Waals surface area (Å²) < 4.78 is 30.4. The number of benzene rings is 1. The largest absolute Gasteiger partial charge is 0.399 e. The van der Waals surface area contributed by atoms with Crippen molar-refractivity contribution in [3.05, 3.63) is 35.9 Å². The number of hydrogen-bond donors (Lipinski definition) is 3. The van der Waals surface area contributed by atoms with E-state index in [2.05, 4.69) is 51.2 Å². The molecule has 146 valence electrons. The van der Waals surface area contributed by atoms with Crippen LogP contribution in [0.1, 0.15) is 52.5 Å². The lowest BCUT2D eigenvalue weighted by Crippen LogP contribution is -2.53. The first-order valence-electron chi connectivity index (χ1n) is 9.17. The van der Waals surface area contributed by atoms with Gasteiger partial charge in [0.15, 0.2) is 0 Å². The van der Waals surface area contributed by atoms with Crippen molar-refractivity contribution >= 4 is 21.4 Å². The summed E-state index contributed by atoms with van der Waals surface area (Å²) in [5.41, 5.74) is 9.15. The number of hydrogen-bond acceptors (Lipinski definition) is 4. The van der Waals surface area contributed by atoms with Gasteiger partial charge in [-0.05, 0) is 59.9 Å². The van der Waals surface area contributed by atoms with E-state index in [1.165, 1.54) is 11.1 Å². The van der Waals surface area contributed by atoms with Crippen LogP contribution in [0.3, 0.4) is 0 Å². The van der Waals surface area contributed by atoms with Crippen LogP contribution in [0.4, 0.5) is 5.69 Å². The predicted octanol–water partition coefficient (Wildman–Crippen LogP) is 3.73. The van der Waals surface area contributed by atoms with Crippen molar-refractivity contribution in [2.24, 2.45) is 10.8 Å². The molecule has 1 aromatic carbocycles. The highest BCUT2D eigenvalue weighted by Crippen LogP contribution is 2.47. The van der Waals surface area contributed by atoms with E-state index < -0.39 is 10.1 Å². The molecule has 1 aliphatic carbocycles. The lowest BCUT2D eigenvalue weighted by atomic mass is 9.61. The van der Waals surface area contributed by atoms with Crippen LogP contribution in [0.2, 0.25) is 0 Å². The minimum atomic E-state index is -3.86. The number of allylic oxidation sites excluding steroid dienone is 1. The molecule has 5 nitrogen and oxygen atoms in total. The van der Waals surface area contributed by atoms with Crippen molar-refractivity contribution in [1.82, 2.24) is 5.32 Å². The minimum absolute atomic E-state index is 0.0402. The Hall–Kier alpha value is -1.37. The summed E-state index contributed by atoms with van der Waals surface area (Å²) in [4.78, 5) is 0. The van der Waals surface area contributed by atoms with E-state index in [-0.39, 0.29) is 22.6 Å². The summed E-state index contributed by atoms with van der Waals surface area (Å²) in [5.74, 6) is -0.173. The highest BCUT2D eigenvalue weighted by Gasteiger charge is 2.43. The van der Waals surface area contributed by atoms with E-state index >= 15 is 0 Å². The molecule has 26 heavy (non-hydrogen) atoms. The first-order chi connectivity index (χ1) is 11.9. The average Bonchev–Trinajstić information content (AvgIpc) is 2.47. The van der Waals surface area contributed by atoms with Gasteiger partial charge >= 0.3 is 0 Å². The lowest BCUT2D eigenvalue weighted by molar-refractivity contribution is 0.138. The second-order valence-electron chi connectivity index (χ2n) is 8.66. The van der Waals surface area contributed by atoms with Crippen LogP contribution >= 0.6 is 0 Å². The molecule has 1 unspecified atom stereocenters. The smallest absolute Gasteiger partial charge is 0.264 e. The van der Waals surface area contributed by atoms with Crippen LogP contribution in [0, 0.1) is 10.8 Å². The molecule has 1 atom stereocenters. The summed E-state index contributed by atoms with van der Waals surface area (Å²) >= 11 is 0. The molecule has 6 heteroatoms. The Morgan fingerprint density at radius 1 is 1.15 bits per heavy atom. The van der Waals surface area contributed by atoms with Gasteiger partial charge in [-0.15, -0.1) is 0 Å². The molecule has 4 N–H and O–H groups in total. The Morgan fingerprint density at radius 3 is 2.31 bits per heavy atom. The van der Waals surface area contributed by atoms with Gasteiger partial charge in [-0.25, -0.2) is 0 Å². The molecule has 1 aliphatic rings. The van der Waals surface area contributed by atoms with E-state index in [4.69, 9.17) is 10.3 Å². The number of rotatable bonds is 7. The second kappa shape index (κ2) is 7.71. The number of nitrogens with two attached hydrogens (primary N) is 1. The van der Waals surface area contributed by atoms with Gasteiger partial charge in [-0.2, -0.15) is 8.42 Å². The molecule has 0 aromatic heterocycles. The monoisotopic (exact) mass is 380 g/mol. The predicted molar refractivity (Wildman–Crippen MR) is 108 cm³/mol. The third-order valence-electron chi connectivity index (χ3n) is 5.18. The van der Waals surface area contributed by atoms with Crippen LogP contribution in [0.25, 0.3) is 5.57 Å². The minimum Gasteiger partial charge on any atom is -0.399 e. The van der Waals surface area contributed by atoms with Crippen LogP contribution in [0.5, 0.6) is 0 Å². The van der Waals surface area contributed by atoms with E-state index in [0.717, 1.165) is 25.1 Å². The van der Waals surface area contributed by atoms with E-state index in [0.29, 0.717) is 6.42 Å². The summed E-state index contributed by atoms with van der Waals surface area (Å²) in [7, 11) is -3.86. The Labute approximate surface area is 157 Å². The maximum atomic E-state index is 10.8. The molecule has 0 saturated heterocycles. The van der Waals surface area contributed by atoms with Crippen LogP contribution < -0.4 is 11.1 Å². The van der Waals surface area contributed by atoms with Gasteiger partial charge in [0.05, 0.1) is 5.75 Å². The molecular formula is C20H32N2O3S. The van der Waals surface area contributed by atoms with Crippen molar-refractivity contribution in [2.45, 2.75) is 53.0 Å². The summed E-state index contributed by atoms with van der Waals surface area (Å²) in [6.45, 7) is 9.75. The average molecular weight is 381 g/mol. The number of unbranched alkanes of at least 4 members (excludes halogenated alkanes) is 1. The van der Waals surface area contributed by atoms with Gasteiger partial charge in [0.2, 0.25) is 0 Å². The van der Waals surface area contributed by atoms with E-state index in [1.807, 2.05) is 12.1 Å². The molecule has 0 radical (unpaired) electrons. The SMILES string of the molecule is CC1(C)C=C(c2ccc(N)cc2)CC(C)(C)C1NCCCCS(=O)(=O)O. The van der Waals surface area contributed by atoms with Gasteiger partial charge in [0.1, 0.15) is 0 Å². The van der Waals surface area contributed by atoms with Gasteiger partial charge in [0, 0.05) is 11.7 Å². The topological polar surface area (TPSA) is 92.4 Å². The molecule has 0 amide bonds. The Balaban J connectivity index is 2.07. The quantitative estimate of drug-likeness (QED) is 0.381. The van der Waals surface area contributed by atoms with Crippen LogP contribution in [-0.2, 0) is 10.1 Å². The zero-order valence-corrected chi connectivity index (χ0v) is 17.1. The Morgan fingerprint density at radius 2 is 1.77 bits per heavy atom. The molecule has 0 bridgehead atoms. The van der Waals surface area contributed by atoms with Gasteiger partial charge in [-0.3, -0.25) is 4.55 Å². The Kier molecular flexibility index (Phi) is 6.20. The van der Waals surface area contributed by atoms with E-state index in [9.17, 15) is 8.42 Å². The normalized spacial score (nSPS) is 22.0. The second-order valence-corrected chi connectivity index (χ2v) is 10.2. The Bertz CT molecular complexity index is 750. The molecule has 0 spiro atoms. The maximum Gasteiger partial charge on any atom is 0.264 e. The van der Waals surface area contributed by atoms with Crippen molar-refractivity contribution in [3.63, 3.8) is 0 Å². The third-order valence-corrected chi connectivity index (χ3v) is 5.98. The van der Waals surface area contributed by atoms with E-state index in [1.54, 1.807) is 0 Å². The summed E-state index contributed by atoms with van der Waals surface area (Å²) in [5, 5.41) is 3.63. The molecule has 2 rings (SSSR count).